The molecule has 0 aliphatic heterocycles. The second-order valence-corrected chi connectivity index (χ2v) is 22.5. The lowest BCUT2D eigenvalue weighted by Gasteiger charge is -2.07. The van der Waals surface area contributed by atoms with Gasteiger partial charge in [-0.15, -0.1) is 78.1 Å². The van der Waals surface area contributed by atoms with Gasteiger partial charge in [0.25, 0.3) is 0 Å². The molecule has 0 aromatic rings. The molecular weight excluding hydrogens is 414 g/mol. The van der Waals surface area contributed by atoms with E-state index in [0.29, 0.717) is 24.4 Å². The summed E-state index contributed by atoms with van der Waals surface area (Å²) in [6.45, 7) is 1.82. The molecule has 0 bridgehead atoms. The van der Waals surface area contributed by atoms with Crippen LogP contribution in [-0.4, -0.2) is 17.9 Å². The Morgan fingerprint density at radius 2 is 1.44 bits per heavy atom. The van der Waals surface area contributed by atoms with Gasteiger partial charge in [-0.1, -0.05) is 0 Å². The lowest BCUT2D eigenvalue weighted by Crippen LogP contribution is -2.09. The van der Waals surface area contributed by atoms with E-state index in [9.17, 15) is 0 Å². The number of alkyl halides is 1. The average molecular weight is 429 g/mol. The predicted octanol–water partition coefficient (Wildman–Crippen LogP) is 6.46. The molecule has 0 aliphatic carbocycles. The smallest absolute Gasteiger partial charge is 0.198 e. The molecule has 0 saturated carbocycles. The Hall–Kier alpha value is 1.95. The van der Waals surface area contributed by atoms with Crippen LogP contribution in [0.2, 0.25) is 12.1 Å². The van der Waals surface area contributed by atoms with E-state index in [2.05, 4.69) is 6.07 Å². The van der Waals surface area contributed by atoms with Crippen LogP contribution in [0.4, 0.5) is 0 Å². The highest BCUT2D eigenvalue weighted by Crippen LogP contribution is 2.28. The number of nitrogens with zero attached hydrogens (tertiary/aromatic N) is 1. The summed E-state index contributed by atoms with van der Waals surface area (Å²) < 4.78 is 0. The summed E-state index contributed by atoms with van der Waals surface area (Å²) in [5.41, 5.74) is 0. The van der Waals surface area contributed by atoms with Gasteiger partial charge in [0.2, 0.25) is 0 Å². The van der Waals surface area contributed by atoms with Crippen molar-refractivity contribution in [3.63, 3.8) is 0 Å². The van der Waals surface area contributed by atoms with Crippen LogP contribution in [0.5, 0.6) is 0 Å². The Labute approximate surface area is 144 Å². The highest BCUT2D eigenvalue weighted by molar-refractivity contribution is 7.65. The zero-order valence-electron chi connectivity index (χ0n) is 9.71. The minimum Gasteiger partial charge on any atom is -0.198 e. The first-order chi connectivity index (χ1) is 8.02. The van der Waals surface area contributed by atoms with Crippen LogP contribution in [0.3, 0.4) is 0 Å². The van der Waals surface area contributed by atoms with Gasteiger partial charge in [-0.25, -0.2) is 0 Å². The van der Waals surface area contributed by atoms with Gasteiger partial charge in [-0.05, 0) is 31.9 Å². The Morgan fingerprint density at radius 1 is 1.00 bits per heavy atom. The molecule has 0 fully saturated rings. The fourth-order valence-corrected chi connectivity index (χ4v) is 4.59. The highest BCUT2D eigenvalue weighted by Gasteiger charge is 2.25. The third-order valence-corrected chi connectivity index (χ3v) is 7.12. The van der Waals surface area contributed by atoms with Crippen molar-refractivity contribution < 1.29 is 0 Å². The molecule has 108 valence electrons. The molecule has 0 heterocycles. The van der Waals surface area contributed by atoms with Crippen LogP contribution < -0.4 is 0 Å². The van der Waals surface area contributed by atoms with Gasteiger partial charge in [0.1, 0.15) is 0 Å². The number of nitriles is 1. The van der Waals surface area contributed by atoms with Crippen molar-refractivity contribution in [1.82, 2.24) is 0 Å². The van der Waals surface area contributed by atoms with Crippen molar-refractivity contribution in [2.75, 3.05) is 5.88 Å². The molecule has 0 aromatic carbocycles. The second kappa shape index (κ2) is 11.6. The van der Waals surface area contributed by atoms with E-state index in [1.165, 1.54) is 0 Å². The predicted molar refractivity (Wildman–Crippen MR) is 91.0 cm³/mol. The van der Waals surface area contributed by atoms with Crippen LogP contribution in [-0.2, 0) is 0 Å². The van der Waals surface area contributed by atoms with Gasteiger partial charge in [0.15, 0.2) is 0 Å². The monoisotopic (exact) mass is 425 g/mol. The average Bonchev–Trinajstić information content (AvgIpc) is 2.22. The zero-order valence-corrected chi connectivity index (χ0v) is 17.0. The van der Waals surface area contributed by atoms with E-state index >= 15 is 0 Å². The summed E-state index contributed by atoms with van der Waals surface area (Å²) in [7, 11) is 0. The third kappa shape index (κ3) is 23.1. The first kappa shape index (κ1) is 22.2. The summed E-state index contributed by atoms with van der Waals surface area (Å²) in [5, 5.41) is 8.37. The molecule has 0 spiro atoms. The fourth-order valence-electron chi connectivity index (χ4n) is 0.712. The first-order valence-corrected chi connectivity index (χ1v) is 16.1. The van der Waals surface area contributed by atoms with Crippen LogP contribution in [0.15, 0.2) is 0 Å². The second-order valence-electron chi connectivity index (χ2n) is 3.59. The van der Waals surface area contributed by atoms with E-state index in [-0.39, 0.29) is 5.92 Å². The molecule has 10 heteroatoms. The molecular formula is C8H14Cl7NSi2. The quantitative estimate of drug-likeness (QED) is 0.270. The van der Waals surface area contributed by atoms with Crippen LogP contribution in [0.25, 0.3) is 0 Å². The topological polar surface area (TPSA) is 23.8 Å². The van der Waals surface area contributed by atoms with Crippen molar-refractivity contribution in [2.24, 2.45) is 5.92 Å². The Bertz CT molecular complexity index is 245. The normalized spacial score (nSPS) is 13.3. The standard InChI is InChI=1S/C5H8Cl3NSi.C3H6Cl4Si/c1-5(4-9)2-3-10(6,7)8;4-2-1-3-8(5,6)7/h5H,2-3H2,1H3;1-3H2. The molecule has 0 amide bonds. The van der Waals surface area contributed by atoms with Crippen molar-refractivity contribution in [3.05, 3.63) is 0 Å². The van der Waals surface area contributed by atoms with E-state index in [1.807, 2.05) is 6.92 Å². The van der Waals surface area contributed by atoms with Gasteiger partial charge < -0.3 is 0 Å². The van der Waals surface area contributed by atoms with E-state index in [1.54, 1.807) is 0 Å². The Balaban J connectivity index is 0. The number of rotatable bonds is 6. The van der Waals surface area contributed by atoms with Gasteiger partial charge in [0, 0.05) is 11.8 Å². The lowest BCUT2D eigenvalue weighted by molar-refractivity contribution is 0.710. The third-order valence-electron chi connectivity index (χ3n) is 1.68. The van der Waals surface area contributed by atoms with Crippen molar-refractivity contribution in [2.45, 2.75) is 31.9 Å². The van der Waals surface area contributed by atoms with Gasteiger partial charge in [-0.2, -0.15) is 5.26 Å². The molecule has 0 aromatic heterocycles. The highest BCUT2D eigenvalue weighted by atomic mass is 35.8. The maximum absolute atomic E-state index is 8.37. The van der Waals surface area contributed by atoms with Crippen LogP contribution in [0, 0.1) is 17.2 Å². The van der Waals surface area contributed by atoms with E-state index < -0.39 is 12.0 Å². The molecule has 18 heavy (non-hydrogen) atoms. The van der Waals surface area contributed by atoms with E-state index in [4.69, 9.17) is 83.3 Å². The van der Waals surface area contributed by atoms with Crippen molar-refractivity contribution in [3.8, 4) is 6.07 Å². The number of hydrogen-bond acceptors (Lipinski definition) is 1. The zero-order chi connectivity index (χ0) is 14.8. The fraction of sp³-hybridized carbons (Fsp3) is 0.875. The summed E-state index contributed by atoms with van der Waals surface area (Å²) in [6.07, 6.45) is 1.50. The minimum atomic E-state index is -2.47. The summed E-state index contributed by atoms with van der Waals surface area (Å²) in [5.74, 6) is 0.587. The molecule has 0 radical (unpaired) electrons. The van der Waals surface area contributed by atoms with Crippen molar-refractivity contribution >= 4 is 90.1 Å². The summed E-state index contributed by atoms with van der Waals surface area (Å²) in [6, 6.07) is -1.49. The van der Waals surface area contributed by atoms with Crippen LogP contribution in [0.1, 0.15) is 19.8 Å². The maximum atomic E-state index is 8.37. The number of halogens is 7. The van der Waals surface area contributed by atoms with E-state index in [0.717, 1.165) is 6.42 Å². The molecule has 1 atom stereocenters. The molecule has 0 aliphatic rings. The van der Waals surface area contributed by atoms with Gasteiger partial charge >= 0.3 is 12.0 Å². The Morgan fingerprint density at radius 3 is 1.67 bits per heavy atom. The molecule has 1 nitrogen and oxygen atoms in total. The molecule has 1 unspecified atom stereocenters. The summed E-state index contributed by atoms with van der Waals surface area (Å²) in [4.78, 5) is 0. The molecule has 0 N–H and O–H groups in total. The summed E-state index contributed by atoms with van der Waals surface area (Å²) >= 11 is 38.7. The first-order valence-electron chi connectivity index (χ1n) is 5.11. The largest absolute Gasteiger partial charge is 0.341 e. The Kier molecular flexibility index (Phi) is 14.3. The van der Waals surface area contributed by atoms with Crippen molar-refractivity contribution in [1.29, 1.82) is 5.26 Å². The van der Waals surface area contributed by atoms with Gasteiger partial charge in [0.05, 0.1) is 6.07 Å². The van der Waals surface area contributed by atoms with Crippen LogP contribution >= 0.6 is 78.1 Å². The number of hydrogen-bond donors (Lipinski definition) is 0. The minimum absolute atomic E-state index is 0.00289. The lowest BCUT2D eigenvalue weighted by atomic mass is 10.1. The molecule has 0 rings (SSSR count). The SMILES string of the molecule is CC(C#N)CC[Si](Cl)(Cl)Cl.ClCCC[Si](Cl)(Cl)Cl. The maximum Gasteiger partial charge on any atom is 0.341 e. The van der Waals surface area contributed by atoms with Gasteiger partial charge in [-0.3, -0.25) is 0 Å². The molecule has 0 saturated heterocycles.